The number of likely N-dealkylation sites (N-methyl/N-ethyl adjacent to an activating group) is 1. The number of methoxy groups -OCH3 is 1. The van der Waals surface area contributed by atoms with Crippen LogP contribution in [0.5, 0.6) is 5.75 Å². The summed E-state index contributed by atoms with van der Waals surface area (Å²) < 4.78 is 11.4. The zero-order valence-electron chi connectivity index (χ0n) is 19.6. The van der Waals surface area contributed by atoms with Crippen LogP contribution in [0, 0.1) is 0 Å². The number of benzene rings is 2. The van der Waals surface area contributed by atoms with E-state index in [1.165, 1.54) is 11.1 Å². The number of nitrogens with zero attached hydrogens (tertiary/aromatic N) is 3. The SMILES string of the molecule is CCN1CCN(C(=O)c2ccc(CN(Cc3ccccc3)Cc3cccc(OC)c3)o2)CC1. The standard InChI is InChI=1S/C27H33N3O3/c1-3-28-14-16-30(17-15-28)27(31)26-13-12-25(33-26)21-29(19-22-8-5-4-6-9-22)20-23-10-7-11-24(18-23)32-2/h4-13,18H,3,14-17,19-21H2,1-2H3. The minimum Gasteiger partial charge on any atom is -0.497 e. The van der Waals surface area contributed by atoms with E-state index in [1.54, 1.807) is 7.11 Å². The highest BCUT2D eigenvalue weighted by Gasteiger charge is 2.24. The maximum atomic E-state index is 12.9. The van der Waals surface area contributed by atoms with E-state index < -0.39 is 0 Å². The first kappa shape index (κ1) is 23.1. The van der Waals surface area contributed by atoms with E-state index in [-0.39, 0.29) is 5.91 Å². The van der Waals surface area contributed by atoms with Crippen molar-refractivity contribution in [1.29, 1.82) is 0 Å². The van der Waals surface area contributed by atoms with Crippen LogP contribution in [0.3, 0.4) is 0 Å². The van der Waals surface area contributed by atoms with Crippen molar-refractivity contribution in [3.63, 3.8) is 0 Å². The largest absolute Gasteiger partial charge is 0.497 e. The fraction of sp³-hybridized carbons (Fsp3) is 0.370. The van der Waals surface area contributed by atoms with E-state index in [0.29, 0.717) is 12.3 Å². The number of rotatable bonds is 9. The zero-order chi connectivity index (χ0) is 23.0. The van der Waals surface area contributed by atoms with Crippen LogP contribution in [0.2, 0.25) is 0 Å². The molecule has 1 aliphatic heterocycles. The van der Waals surface area contributed by atoms with E-state index in [4.69, 9.17) is 9.15 Å². The van der Waals surface area contributed by atoms with E-state index in [1.807, 2.05) is 35.2 Å². The Kier molecular flexibility index (Phi) is 7.81. The molecule has 3 aromatic rings. The Bertz CT molecular complexity index is 1030. The van der Waals surface area contributed by atoms with Crippen LogP contribution in [0.4, 0.5) is 0 Å². The molecule has 6 nitrogen and oxygen atoms in total. The Hall–Kier alpha value is -3.09. The summed E-state index contributed by atoms with van der Waals surface area (Å²) in [4.78, 5) is 19.5. The van der Waals surface area contributed by atoms with Crippen molar-refractivity contribution in [3.8, 4) is 5.75 Å². The highest BCUT2D eigenvalue weighted by atomic mass is 16.5. The third-order valence-electron chi connectivity index (χ3n) is 6.15. The third kappa shape index (κ3) is 6.24. The molecule has 0 unspecified atom stereocenters. The smallest absolute Gasteiger partial charge is 0.289 e. The second-order valence-electron chi connectivity index (χ2n) is 8.47. The maximum absolute atomic E-state index is 12.9. The number of carbonyl (C=O) groups excluding carboxylic acids is 1. The van der Waals surface area contributed by atoms with Gasteiger partial charge in [-0.15, -0.1) is 0 Å². The fourth-order valence-electron chi connectivity index (χ4n) is 4.26. The molecule has 0 spiro atoms. The van der Waals surface area contributed by atoms with Crippen molar-refractivity contribution in [2.75, 3.05) is 39.8 Å². The number of furan rings is 1. The first-order valence-corrected chi connectivity index (χ1v) is 11.6. The molecule has 1 fully saturated rings. The molecule has 0 saturated carbocycles. The van der Waals surface area contributed by atoms with Crippen molar-refractivity contribution in [2.24, 2.45) is 0 Å². The number of hydrogen-bond donors (Lipinski definition) is 0. The molecule has 0 aliphatic carbocycles. The van der Waals surface area contributed by atoms with Crippen LogP contribution >= 0.6 is 0 Å². The second kappa shape index (κ2) is 11.2. The van der Waals surface area contributed by atoms with E-state index in [2.05, 4.69) is 53.1 Å². The van der Waals surface area contributed by atoms with Crippen LogP contribution in [0.1, 0.15) is 34.4 Å². The lowest BCUT2D eigenvalue weighted by atomic mass is 10.1. The Labute approximate surface area is 196 Å². The summed E-state index contributed by atoms with van der Waals surface area (Å²) in [6.07, 6.45) is 0. The lowest BCUT2D eigenvalue weighted by molar-refractivity contribution is 0.0608. The van der Waals surface area contributed by atoms with Crippen LogP contribution < -0.4 is 4.74 Å². The average molecular weight is 448 g/mol. The molecule has 0 atom stereocenters. The fourth-order valence-corrected chi connectivity index (χ4v) is 4.26. The lowest BCUT2D eigenvalue weighted by Gasteiger charge is -2.33. The molecule has 0 N–H and O–H groups in total. The number of piperazine rings is 1. The van der Waals surface area contributed by atoms with E-state index in [0.717, 1.165) is 57.3 Å². The molecule has 0 bridgehead atoms. The second-order valence-corrected chi connectivity index (χ2v) is 8.47. The Morgan fingerprint density at radius 2 is 1.64 bits per heavy atom. The van der Waals surface area contributed by atoms with Gasteiger partial charge < -0.3 is 19.0 Å². The van der Waals surface area contributed by atoms with Gasteiger partial charge in [-0.1, -0.05) is 49.4 Å². The van der Waals surface area contributed by atoms with Crippen molar-refractivity contribution < 1.29 is 13.9 Å². The third-order valence-corrected chi connectivity index (χ3v) is 6.15. The zero-order valence-corrected chi connectivity index (χ0v) is 19.6. The average Bonchev–Trinajstić information content (AvgIpc) is 3.32. The van der Waals surface area contributed by atoms with E-state index >= 15 is 0 Å². The van der Waals surface area contributed by atoms with Gasteiger partial charge in [0, 0.05) is 39.3 Å². The Morgan fingerprint density at radius 1 is 0.909 bits per heavy atom. The first-order valence-electron chi connectivity index (χ1n) is 11.6. The minimum atomic E-state index is -0.0144. The monoisotopic (exact) mass is 447 g/mol. The molecule has 4 rings (SSSR count). The highest BCUT2D eigenvalue weighted by Crippen LogP contribution is 2.20. The molecule has 0 radical (unpaired) electrons. The van der Waals surface area contributed by atoms with Crippen molar-refractivity contribution in [2.45, 2.75) is 26.6 Å². The number of carbonyl (C=O) groups is 1. The van der Waals surface area contributed by atoms with Crippen molar-refractivity contribution >= 4 is 5.91 Å². The van der Waals surface area contributed by atoms with Crippen LogP contribution in [-0.4, -0.2) is 60.4 Å². The van der Waals surface area contributed by atoms with Crippen LogP contribution in [0.15, 0.2) is 71.1 Å². The number of amides is 1. The summed E-state index contributed by atoms with van der Waals surface area (Å²) in [6, 6.07) is 22.3. The molecule has 33 heavy (non-hydrogen) atoms. The predicted molar refractivity (Wildman–Crippen MR) is 129 cm³/mol. The van der Waals surface area contributed by atoms with E-state index in [9.17, 15) is 4.79 Å². The Morgan fingerprint density at radius 3 is 2.36 bits per heavy atom. The topological polar surface area (TPSA) is 49.2 Å². The molecule has 2 aromatic carbocycles. The van der Waals surface area contributed by atoms with Gasteiger partial charge in [-0.25, -0.2) is 0 Å². The first-order chi connectivity index (χ1) is 16.1. The van der Waals surface area contributed by atoms with Gasteiger partial charge in [-0.2, -0.15) is 0 Å². The molecule has 1 aromatic heterocycles. The van der Waals surface area contributed by atoms with Gasteiger partial charge in [0.2, 0.25) is 0 Å². The molecule has 174 valence electrons. The minimum absolute atomic E-state index is 0.0144. The van der Waals surface area contributed by atoms with Gasteiger partial charge in [0.15, 0.2) is 5.76 Å². The molecule has 1 aliphatic rings. The van der Waals surface area contributed by atoms with Crippen molar-refractivity contribution in [3.05, 3.63) is 89.4 Å². The molecule has 2 heterocycles. The molecule has 1 amide bonds. The number of ether oxygens (including phenoxy) is 1. The van der Waals surface area contributed by atoms with Gasteiger partial charge in [0.25, 0.3) is 5.91 Å². The van der Waals surface area contributed by atoms with Crippen LogP contribution in [0.25, 0.3) is 0 Å². The summed E-state index contributed by atoms with van der Waals surface area (Å²) in [6.45, 7) is 8.65. The van der Waals surface area contributed by atoms with Gasteiger partial charge in [-0.3, -0.25) is 9.69 Å². The van der Waals surface area contributed by atoms with Gasteiger partial charge in [0.05, 0.1) is 13.7 Å². The molecular weight excluding hydrogens is 414 g/mol. The quantitative estimate of drug-likeness (QED) is 0.490. The molecule has 6 heteroatoms. The van der Waals surface area contributed by atoms with Gasteiger partial charge in [0.1, 0.15) is 11.5 Å². The van der Waals surface area contributed by atoms with Crippen molar-refractivity contribution in [1.82, 2.24) is 14.7 Å². The maximum Gasteiger partial charge on any atom is 0.289 e. The van der Waals surface area contributed by atoms with Gasteiger partial charge >= 0.3 is 0 Å². The molecular formula is C27H33N3O3. The summed E-state index contributed by atoms with van der Waals surface area (Å²) >= 11 is 0. The van der Waals surface area contributed by atoms with Gasteiger partial charge in [-0.05, 0) is 41.9 Å². The molecule has 1 saturated heterocycles. The summed E-state index contributed by atoms with van der Waals surface area (Å²) in [5, 5.41) is 0. The normalized spacial score (nSPS) is 14.6. The summed E-state index contributed by atoms with van der Waals surface area (Å²) in [5.41, 5.74) is 2.40. The summed E-state index contributed by atoms with van der Waals surface area (Å²) in [7, 11) is 1.68. The van der Waals surface area contributed by atoms with Crippen LogP contribution in [-0.2, 0) is 19.6 Å². The lowest BCUT2D eigenvalue weighted by Crippen LogP contribution is -2.48. The predicted octanol–water partition coefficient (Wildman–Crippen LogP) is 4.27. The highest BCUT2D eigenvalue weighted by molar-refractivity contribution is 5.91. The Balaban J connectivity index is 1.45. The summed E-state index contributed by atoms with van der Waals surface area (Å²) in [5.74, 6) is 2.06. The number of hydrogen-bond acceptors (Lipinski definition) is 5.